The number of carbonyl (C=O) groups is 1. The summed E-state index contributed by atoms with van der Waals surface area (Å²) in [6.45, 7) is 3.31. The first-order valence-corrected chi connectivity index (χ1v) is 11.8. The standard InChI is InChI=1S/C26H33N5O2/c1-3-4-13-27-23-18-31(17-21(23)26(33)29-22-7-5-6-8-24(22)32)16-19-9-11-20(12-10-19)25-28-14-15-30(25)2/h4,9-15,17,22,24,32H,3,5-8,16,18H2,1-2H3,(H,29,33)/b13-4-,27-23?/t22-,24?/m0/s1. The number of nitrogens with zero attached hydrogens (tertiary/aromatic N) is 4. The van der Waals surface area contributed by atoms with Crippen molar-refractivity contribution in [3.05, 3.63) is 66.3 Å². The molecule has 0 radical (unpaired) electrons. The average Bonchev–Trinajstić information content (AvgIpc) is 3.42. The minimum absolute atomic E-state index is 0.155. The topological polar surface area (TPSA) is 82.8 Å². The van der Waals surface area contributed by atoms with E-state index in [-0.39, 0.29) is 11.9 Å². The number of aliphatic hydroxyl groups excluding tert-OH is 1. The summed E-state index contributed by atoms with van der Waals surface area (Å²) in [6.07, 6.45) is 13.4. The normalized spacial score (nSPS) is 22.2. The van der Waals surface area contributed by atoms with Crippen molar-refractivity contribution in [1.29, 1.82) is 0 Å². The summed E-state index contributed by atoms with van der Waals surface area (Å²) < 4.78 is 2.00. The van der Waals surface area contributed by atoms with Crippen molar-refractivity contribution in [2.75, 3.05) is 6.54 Å². The zero-order valence-electron chi connectivity index (χ0n) is 19.4. The highest BCUT2D eigenvalue weighted by molar-refractivity contribution is 6.23. The van der Waals surface area contributed by atoms with Crippen molar-refractivity contribution in [1.82, 2.24) is 19.8 Å². The zero-order chi connectivity index (χ0) is 23.2. The molecule has 2 aliphatic rings. The van der Waals surface area contributed by atoms with Gasteiger partial charge in [-0.3, -0.25) is 9.79 Å². The third-order valence-corrected chi connectivity index (χ3v) is 6.26. The van der Waals surface area contributed by atoms with Gasteiger partial charge in [0.2, 0.25) is 0 Å². The SMILES string of the molecule is CC/C=C\N=C1CN(Cc2ccc(-c3nccn3C)cc2)C=C1C(=O)N[C@H]1CCCCC1O. The van der Waals surface area contributed by atoms with E-state index in [4.69, 9.17) is 0 Å². The molecular weight excluding hydrogens is 414 g/mol. The lowest BCUT2D eigenvalue weighted by atomic mass is 9.92. The lowest BCUT2D eigenvalue weighted by Crippen LogP contribution is -2.46. The number of aromatic nitrogens is 2. The summed E-state index contributed by atoms with van der Waals surface area (Å²) in [4.78, 5) is 24.2. The Labute approximate surface area is 195 Å². The van der Waals surface area contributed by atoms with Crippen LogP contribution < -0.4 is 5.32 Å². The predicted molar refractivity (Wildman–Crippen MR) is 130 cm³/mol. The van der Waals surface area contributed by atoms with E-state index in [9.17, 15) is 9.90 Å². The number of benzene rings is 1. The molecule has 174 valence electrons. The first kappa shape index (κ1) is 23.0. The summed E-state index contributed by atoms with van der Waals surface area (Å²) in [6, 6.07) is 8.17. The van der Waals surface area contributed by atoms with Gasteiger partial charge in [-0.15, -0.1) is 0 Å². The molecular formula is C26H33N5O2. The Morgan fingerprint density at radius 2 is 2.06 bits per heavy atom. The zero-order valence-corrected chi connectivity index (χ0v) is 19.4. The number of hydrogen-bond donors (Lipinski definition) is 2. The number of rotatable bonds is 7. The summed E-state index contributed by atoms with van der Waals surface area (Å²) in [5.74, 6) is 0.779. The van der Waals surface area contributed by atoms with Gasteiger partial charge in [-0.05, 0) is 24.8 Å². The fraction of sp³-hybridized carbons (Fsp3) is 0.423. The molecule has 1 saturated carbocycles. The van der Waals surface area contributed by atoms with E-state index in [0.29, 0.717) is 18.7 Å². The number of carbonyl (C=O) groups excluding carboxylic acids is 1. The van der Waals surface area contributed by atoms with Crippen LogP contribution in [0.1, 0.15) is 44.6 Å². The quantitative estimate of drug-likeness (QED) is 0.680. The van der Waals surface area contributed by atoms with E-state index in [1.807, 2.05) is 30.1 Å². The van der Waals surface area contributed by atoms with Gasteiger partial charge in [-0.25, -0.2) is 4.98 Å². The molecule has 0 bridgehead atoms. The van der Waals surface area contributed by atoms with Gasteiger partial charge in [0, 0.05) is 43.9 Å². The molecule has 4 rings (SSSR count). The van der Waals surface area contributed by atoms with Crippen molar-refractivity contribution in [2.45, 2.75) is 57.7 Å². The van der Waals surface area contributed by atoms with Gasteiger partial charge in [0.15, 0.2) is 0 Å². The van der Waals surface area contributed by atoms with Gasteiger partial charge in [0.25, 0.3) is 5.91 Å². The molecule has 2 atom stereocenters. The smallest absolute Gasteiger partial charge is 0.254 e. The van der Waals surface area contributed by atoms with Crippen LogP contribution in [0.2, 0.25) is 0 Å². The summed E-state index contributed by atoms with van der Waals surface area (Å²) in [7, 11) is 1.98. The maximum atomic E-state index is 13.1. The molecule has 2 aromatic rings. The number of aryl methyl sites for hydroxylation is 1. The lowest BCUT2D eigenvalue weighted by molar-refractivity contribution is -0.118. The third-order valence-electron chi connectivity index (χ3n) is 6.26. The summed E-state index contributed by atoms with van der Waals surface area (Å²) in [5, 5.41) is 13.3. The number of allylic oxidation sites excluding steroid dienone is 1. The largest absolute Gasteiger partial charge is 0.391 e. The van der Waals surface area contributed by atoms with E-state index in [1.54, 1.807) is 12.4 Å². The van der Waals surface area contributed by atoms with Gasteiger partial charge in [0.1, 0.15) is 5.82 Å². The molecule has 1 aliphatic heterocycles. The van der Waals surface area contributed by atoms with Gasteiger partial charge >= 0.3 is 0 Å². The Kier molecular flexibility index (Phi) is 7.40. The first-order chi connectivity index (χ1) is 16.0. The molecule has 1 unspecified atom stereocenters. The Morgan fingerprint density at radius 3 is 2.76 bits per heavy atom. The monoisotopic (exact) mass is 447 g/mol. The molecule has 0 spiro atoms. The van der Waals surface area contributed by atoms with E-state index in [1.165, 1.54) is 0 Å². The molecule has 7 heteroatoms. The van der Waals surface area contributed by atoms with Crippen LogP contribution in [0, 0.1) is 0 Å². The number of aliphatic hydroxyl groups is 1. The number of nitrogens with one attached hydrogen (secondary N) is 1. The number of aliphatic imine (C=N–C) groups is 1. The van der Waals surface area contributed by atoms with Gasteiger partial charge < -0.3 is 19.9 Å². The summed E-state index contributed by atoms with van der Waals surface area (Å²) in [5.41, 5.74) is 3.56. The van der Waals surface area contributed by atoms with Crippen molar-refractivity contribution in [3.63, 3.8) is 0 Å². The van der Waals surface area contributed by atoms with E-state index >= 15 is 0 Å². The highest BCUT2D eigenvalue weighted by Gasteiger charge is 2.30. The van der Waals surface area contributed by atoms with Crippen LogP contribution in [-0.4, -0.2) is 49.9 Å². The predicted octanol–water partition coefficient (Wildman–Crippen LogP) is 3.57. The highest BCUT2D eigenvalue weighted by Crippen LogP contribution is 2.22. The van der Waals surface area contributed by atoms with Gasteiger partial charge in [-0.2, -0.15) is 0 Å². The second kappa shape index (κ2) is 10.6. The molecule has 1 fully saturated rings. The lowest BCUT2D eigenvalue weighted by Gasteiger charge is -2.28. The van der Waals surface area contributed by atoms with Crippen molar-refractivity contribution >= 4 is 11.6 Å². The van der Waals surface area contributed by atoms with E-state index < -0.39 is 6.10 Å². The Hall–Kier alpha value is -3.19. The maximum Gasteiger partial charge on any atom is 0.254 e. The van der Waals surface area contributed by atoms with Crippen molar-refractivity contribution < 1.29 is 9.90 Å². The fourth-order valence-corrected chi connectivity index (χ4v) is 4.39. The Balaban J connectivity index is 1.48. The Morgan fingerprint density at radius 1 is 1.27 bits per heavy atom. The average molecular weight is 448 g/mol. The van der Waals surface area contributed by atoms with Gasteiger partial charge in [-0.1, -0.05) is 50.1 Å². The third kappa shape index (κ3) is 5.60. The molecule has 2 heterocycles. The molecule has 0 saturated heterocycles. The number of imidazole rings is 1. The van der Waals surface area contributed by atoms with E-state index in [2.05, 4.69) is 51.4 Å². The number of amides is 1. The fourth-order valence-electron chi connectivity index (χ4n) is 4.39. The molecule has 1 aromatic heterocycles. The maximum absolute atomic E-state index is 13.1. The molecule has 1 amide bonds. The first-order valence-electron chi connectivity index (χ1n) is 11.8. The second-order valence-corrected chi connectivity index (χ2v) is 8.81. The van der Waals surface area contributed by atoms with E-state index in [0.717, 1.165) is 54.8 Å². The van der Waals surface area contributed by atoms with Gasteiger partial charge in [0.05, 0.1) is 30.0 Å². The minimum Gasteiger partial charge on any atom is -0.391 e. The second-order valence-electron chi connectivity index (χ2n) is 8.81. The van der Waals surface area contributed by atoms with Crippen LogP contribution in [0.4, 0.5) is 0 Å². The van der Waals surface area contributed by atoms with Crippen LogP contribution in [0.3, 0.4) is 0 Å². The molecule has 2 N–H and O–H groups in total. The summed E-state index contributed by atoms with van der Waals surface area (Å²) >= 11 is 0. The van der Waals surface area contributed by atoms with Crippen molar-refractivity contribution in [3.8, 4) is 11.4 Å². The molecule has 7 nitrogen and oxygen atoms in total. The van der Waals surface area contributed by atoms with Crippen molar-refractivity contribution in [2.24, 2.45) is 12.0 Å². The van der Waals surface area contributed by atoms with Crippen LogP contribution >= 0.6 is 0 Å². The number of hydrogen-bond acceptors (Lipinski definition) is 5. The van der Waals surface area contributed by atoms with Crippen LogP contribution in [0.5, 0.6) is 0 Å². The van der Waals surface area contributed by atoms with Crippen LogP contribution in [0.25, 0.3) is 11.4 Å². The highest BCUT2D eigenvalue weighted by atomic mass is 16.3. The molecule has 33 heavy (non-hydrogen) atoms. The van der Waals surface area contributed by atoms with Crippen LogP contribution in [-0.2, 0) is 18.4 Å². The minimum atomic E-state index is -0.474. The van der Waals surface area contributed by atoms with Crippen LogP contribution in [0.15, 0.2) is 65.7 Å². The Bertz CT molecular complexity index is 1050. The molecule has 1 aliphatic carbocycles. The molecule has 1 aromatic carbocycles.